The molecule has 5 rings (SSSR count). The molecule has 4 aromatic rings. The van der Waals surface area contributed by atoms with Crippen molar-refractivity contribution < 1.29 is 4.52 Å². The van der Waals surface area contributed by atoms with E-state index in [0.717, 1.165) is 25.2 Å². The van der Waals surface area contributed by atoms with Crippen molar-refractivity contribution in [2.24, 2.45) is 4.99 Å². The molecule has 1 heterocycles. The van der Waals surface area contributed by atoms with Crippen LogP contribution >= 0.6 is 8.15 Å². The van der Waals surface area contributed by atoms with Gasteiger partial charge in [0.05, 0.1) is 19.9 Å². The van der Waals surface area contributed by atoms with Gasteiger partial charge in [-0.05, 0) is 31.2 Å². The van der Waals surface area contributed by atoms with Crippen molar-refractivity contribution in [1.82, 2.24) is 0 Å². The van der Waals surface area contributed by atoms with Gasteiger partial charge in [-0.25, -0.2) is 0 Å². The predicted octanol–water partition coefficient (Wildman–Crippen LogP) is 7.07. The molecule has 35 heavy (non-hydrogen) atoms. The van der Waals surface area contributed by atoms with Crippen LogP contribution in [0.4, 0.5) is 5.69 Å². The minimum Gasteiger partial charge on any atom is -0.335 e. The van der Waals surface area contributed by atoms with Crippen LogP contribution in [0.25, 0.3) is 10.8 Å². The Morgan fingerprint density at radius 3 is 2.00 bits per heavy atom. The van der Waals surface area contributed by atoms with E-state index in [1.165, 1.54) is 27.1 Å². The lowest BCUT2D eigenvalue weighted by Gasteiger charge is -2.39. The van der Waals surface area contributed by atoms with E-state index in [-0.39, 0.29) is 6.04 Å². The Balaban J connectivity index is 1.60. The minimum atomic E-state index is -1.01. The van der Waals surface area contributed by atoms with Gasteiger partial charge in [-0.15, -0.1) is 0 Å². The number of rotatable bonds is 8. The minimum absolute atomic E-state index is 0.213. The van der Waals surface area contributed by atoms with Crippen molar-refractivity contribution in [2.45, 2.75) is 45.3 Å². The lowest BCUT2D eigenvalue weighted by atomic mass is 9.94. The maximum absolute atomic E-state index is 7.30. The van der Waals surface area contributed by atoms with Gasteiger partial charge in [-0.1, -0.05) is 111 Å². The van der Waals surface area contributed by atoms with Crippen molar-refractivity contribution in [3.8, 4) is 0 Å². The Labute approximate surface area is 210 Å². The van der Waals surface area contributed by atoms with Crippen LogP contribution in [-0.4, -0.2) is 24.0 Å². The lowest BCUT2D eigenvalue weighted by Crippen LogP contribution is -2.48. The van der Waals surface area contributed by atoms with Crippen LogP contribution in [0.1, 0.15) is 33.6 Å². The van der Waals surface area contributed by atoms with Gasteiger partial charge in [0.25, 0.3) is 0 Å². The van der Waals surface area contributed by atoms with Gasteiger partial charge >= 0.3 is 0 Å². The maximum atomic E-state index is 7.30. The van der Waals surface area contributed by atoms with E-state index < -0.39 is 13.7 Å². The highest BCUT2D eigenvalue weighted by molar-refractivity contribution is 7.68. The largest absolute Gasteiger partial charge is 0.335 e. The number of anilines is 1. The van der Waals surface area contributed by atoms with Crippen molar-refractivity contribution in [1.29, 1.82) is 0 Å². The van der Waals surface area contributed by atoms with Crippen molar-refractivity contribution in [3.63, 3.8) is 0 Å². The van der Waals surface area contributed by atoms with Crippen molar-refractivity contribution in [3.05, 3.63) is 103 Å². The summed E-state index contributed by atoms with van der Waals surface area (Å²) in [5, 5.41) is 4.96. The van der Waals surface area contributed by atoms with Crippen LogP contribution in [0.5, 0.6) is 0 Å². The quantitative estimate of drug-likeness (QED) is 0.252. The fourth-order valence-corrected chi connectivity index (χ4v) is 7.07. The molecule has 3 nitrogen and oxygen atoms in total. The van der Waals surface area contributed by atoms with Gasteiger partial charge in [0.2, 0.25) is 0 Å². The third-order valence-electron chi connectivity index (χ3n) is 6.90. The normalized spacial score (nSPS) is 16.2. The third-order valence-corrected chi connectivity index (χ3v) is 8.97. The van der Waals surface area contributed by atoms with Crippen LogP contribution < -0.4 is 15.5 Å². The second-order valence-corrected chi connectivity index (χ2v) is 11.0. The fraction of sp³-hybridized carbons (Fsp3) is 0.258. The van der Waals surface area contributed by atoms with E-state index >= 15 is 0 Å². The lowest BCUT2D eigenvalue weighted by molar-refractivity contribution is 0.153. The molecule has 0 fully saturated rings. The monoisotopic (exact) mass is 480 g/mol. The molecule has 1 atom stereocenters. The Morgan fingerprint density at radius 1 is 0.800 bits per heavy atom. The van der Waals surface area contributed by atoms with E-state index in [0.29, 0.717) is 0 Å². The molecule has 0 saturated heterocycles. The first-order valence-electron chi connectivity index (χ1n) is 12.6. The van der Waals surface area contributed by atoms with E-state index in [1.807, 2.05) is 0 Å². The Bertz CT molecular complexity index is 1260. The molecule has 4 aromatic carbocycles. The van der Waals surface area contributed by atoms with Crippen molar-refractivity contribution in [2.75, 3.05) is 11.4 Å². The van der Waals surface area contributed by atoms with Crippen LogP contribution in [0.2, 0.25) is 0 Å². The van der Waals surface area contributed by atoms with E-state index in [1.54, 1.807) is 0 Å². The molecule has 178 valence electrons. The molecule has 0 spiro atoms. The first kappa shape index (κ1) is 23.7. The number of hydrogen-bond donors (Lipinski definition) is 0. The zero-order valence-corrected chi connectivity index (χ0v) is 21.7. The van der Waals surface area contributed by atoms with Crippen molar-refractivity contribution >= 4 is 41.1 Å². The number of amidine groups is 1. The summed E-state index contributed by atoms with van der Waals surface area (Å²) in [7, 11) is -1.01. The van der Waals surface area contributed by atoms with E-state index in [9.17, 15) is 0 Å². The second kappa shape index (κ2) is 10.3. The highest BCUT2D eigenvalue weighted by Crippen LogP contribution is 2.45. The molecule has 4 heteroatoms. The Morgan fingerprint density at radius 2 is 1.37 bits per heavy atom. The molecule has 0 unspecified atom stereocenters. The average molecular weight is 481 g/mol. The molecule has 0 aromatic heterocycles. The summed E-state index contributed by atoms with van der Waals surface area (Å²) in [6.07, 6.45) is 1.71. The predicted molar refractivity (Wildman–Crippen MR) is 152 cm³/mol. The molecule has 1 aliphatic rings. The fourth-order valence-electron chi connectivity index (χ4n) is 4.98. The molecule has 0 amide bonds. The highest BCUT2D eigenvalue weighted by atomic mass is 31.1. The molecule has 1 aliphatic heterocycles. The highest BCUT2D eigenvalue weighted by Gasteiger charge is 2.43. The number of fused-ring (bicyclic) bond motifs is 1. The SMILES string of the molecule is CCC(CC)(OP(c1ccccc1)c1ccccc1)C1=N[C@@H](C)CN1c1cccc2ccccc12. The average Bonchev–Trinajstić information content (AvgIpc) is 3.32. The summed E-state index contributed by atoms with van der Waals surface area (Å²) < 4.78 is 7.30. The van der Waals surface area contributed by atoms with Gasteiger partial charge in [0.1, 0.15) is 11.4 Å². The van der Waals surface area contributed by atoms with Gasteiger partial charge in [-0.2, -0.15) is 0 Å². The molecular weight excluding hydrogens is 447 g/mol. The molecule has 0 aliphatic carbocycles. The molecule has 0 saturated carbocycles. The summed E-state index contributed by atoms with van der Waals surface area (Å²) in [6, 6.07) is 36.7. The topological polar surface area (TPSA) is 24.8 Å². The maximum Gasteiger partial charge on any atom is 0.137 e. The van der Waals surface area contributed by atoms with Crippen LogP contribution in [0, 0.1) is 0 Å². The number of benzene rings is 4. The molecule has 0 bridgehead atoms. The Hall–Kier alpha value is -3.00. The molecular formula is C31H33N2OP. The smallest absolute Gasteiger partial charge is 0.137 e. The summed E-state index contributed by atoms with van der Waals surface area (Å²) in [5.41, 5.74) is 0.726. The van der Waals surface area contributed by atoms with Gasteiger partial charge in [0.15, 0.2) is 0 Å². The van der Waals surface area contributed by atoms with E-state index in [4.69, 9.17) is 9.52 Å². The van der Waals surface area contributed by atoms with Gasteiger partial charge in [0, 0.05) is 22.5 Å². The second-order valence-electron chi connectivity index (χ2n) is 9.17. The van der Waals surface area contributed by atoms with Gasteiger partial charge < -0.3 is 9.42 Å². The van der Waals surface area contributed by atoms with Gasteiger partial charge in [-0.3, -0.25) is 4.99 Å². The van der Waals surface area contributed by atoms with Crippen LogP contribution in [0.15, 0.2) is 108 Å². The zero-order valence-electron chi connectivity index (χ0n) is 20.8. The zero-order chi connectivity index (χ0) is 24.3. The summed E-state index contributed by atoms with van der Waals surface area (Å²) in [5.74, 6) is 1.06. The first-order valence-corrected chi connectivity index (χ1v) is 13.8. The molecule has 0 N–H and O–H groups in total. The summed E-state index contributed by atoms with van der Waals surface area (Å²) in [6.45, 7) is 7.54. The third kappa shape index (κ3) is 4.63. The van der Waals surface area contributed by atoms with Crippen LogP contribution in [-0.2, 0) is 4.52 Å². The summed E-state index contributed by atoms with van der Waals surface area (Å²) in [4.78, 5) is 7.66. The molecule has 0 radical (unpaired) electrons. The Kier molecular flexibility index (Phi) is 7.00. The number of nitrogens with zero attached hydrogens (tertiary/aromatic N) is 2. The standard InChI is InChI=1S/C31H33N2OP/c1-4-31(5-2,34-35(26-17-8-6-9-18-26)27-19-10-7-11-20-27)30-32-24(3)23-33(30)29-22-14-16-25-15-12-13-21-28(25)29/h6-22,24H,4-5,23H2,1-3H3/t24-/m0/s1. The number of hydrogen-bond acceptors (Lipinski definition) is 3. The van der Waals surface area contributed by atoms with E-state index in [2.05, 4.69) is 129 Å². The van der Waals surface area contributed by atoms with Crippen LogP contribution in [0.3, 0.4) is 0 Å². The number of aliphatic imine (C=N–C) groups is 1. The summed E-state index contributed by atoms with van der Waals surface area (Å²) >= 11 is 0. The first-order chi connectivity index (χ1) is 17.1.